The molecule has 13 heteroatoms. The first kappa shape index (κ1) is 21.1. The van der Waals surface area contributed by atoms with Gasteiger partial charge in [-0.15, -0.1) is 5.10 Å². The second-order valence-electron chi connectivity index (χ2n) is 5.52. The normalized spacial score (nSPS) is 11.7. The summed E-state index contributed by atoms with van der Waals surface area (Å²) in [4.78, 5) is 11.9. The Kier molecular flexibility index (Phi) is 5.82. The molecule has 3 rings (SSSR count). The van der Waals surface area contributed by atoms with Crippen LogP contribution in [0, 0.1) is 5.82 Å². The van der Waals surface area contributed by atoms with Crippen molar-refractivity contribution in [2.24, 2.45) is 0 Å². The summed E-state index contributed by atoms with van der Waals surface area (Å²) >= 11 is 11.8. The molecule has 3 aromatic rings. The molecule has 152 valence electrons. The van der Waals surface area contributed by atoms with E-state index in [4.69, 9.17) is 23.2 Å². The average molecular weight is 465 g/mol. The topological polar surface area (TPSA) is 93.9 Å². The molecule has 0 bridgehead atoms. The molecule has 1 aromatic heterocycles. The van der Waals surface area contributed by atoms with Gasteiger partial charge in [0.05, 0.1) is 15.6 Å². The van der Waals surface area contributed by atoms with Crippen molar-refractivity contribution in [3.63, 3.8) is 0 Å². The highest BCUT2D eigenvalue weighted by molar-refractivity contribution is 7.90. The summed E-state index contributed by atoms with van der Waals surface area (Å²) in [5.74, 6) is -2.14. The Morgan fingerprint density at radius 1 is 1.10 bits per heavy atom. The molecule has 0 aliphatic rings. The van der Waals surface area contributed by atoms with Crippen molar-refractivity contribution in [1.82, 2.24) is 19.7 Å². The molecule has 0 aliphatic heterocycles. The monoisotopic (exact) mass is 464 g/mol. The Balaban J connectivity index is 1.99. The Morgan fingerprint density at radius 2 is 1.76 bits per heavy atom. The van der Waals surface area contributed by atoms with Gasteiger partial charge >= 0.3 is 0 Å². The first-order valence-electron chi connectivity index (χ1n) is 7.62. The molecule has 0 radical (unpaired) electrons. The van der Waals surface area contributed by atoms with Gasteiger partial charge in [-0.1, -0.05) is 28.4 Å². The molecular formula is C16H9Cl2F3N4O3S. The fourth-order valence-electron chi connectivity index (χ4n) is 2.32. The van der Waals surface area contributed by atoms with Crippen LogP contribution in [0.5, 0.6) is 0 Å². The summed E-state index contributed by atoms with van der Waals surface area (Å²) in [6, 6.07) is 7.45. The van der Waals surface area contributed by atoms with Crippen molar-refractivity contribution in [1.29, 1.82) is 0 Å². The first-order chi connectivity index (χ1) is 13.6. The third-order valence-electron chi connectivity index (χ3n) is 3.62. The number of benzene rings is 2. The van der Waals surface area contributed by atoms with Gasteiger partial charge in [-0.25, -0.2) is 31.0 Å². The van der Waals surface area contributed by atoms with E-state index in [1.807, 2.05) is 0 Å². The van der Waals surface area contributed by atoms with E-state index in [9.17, 15) is 26.4 Å². The molecule has 0 atom stereocenters. The number of sulfonamides is 1. The summed E-state index contributed by atoms with van der Waals surface area (Å²) in [7, 11) is -4.47. The second-order valence-corrected chi connectivity index (χ2v) is 8.05. The van der Waals surface area contributed by atoms with Gasteiger partial charge < -0.3 is 0 Å². The van der Waals surface area contributed by atoms with Crippen molar-refractivity contribution >= 4 is 39.1 Å². The van der Waals surface area contributed by atoms with E-state index in [2.05, 4.69) is 10.3 Å². The van der Waals surface area contributed by atoms with E-state index in [-0.39, 0.29) is 15.7 Å². The summed E-state index contributed by atoms with van der Waals surface area (Å²) in [5, 5.41) is 7.05. The number of nitrogens with zero attached hydrogens (tertiary/aromatic N) is 3. The highest BCUT2D eigenvalue weighted by atomic mass is 35.5. The lowest BCUT2D eigenvalue weighted by molar-refractivity contribution is 0.0959. The Morgan fingerprint density at radius 3 is 2.34 bits per heavy atom. The van der Waals surface area contributed by atoms with Gasteiger partial charge in [-0.05, 0) is 42.5 Å². The van der Waals surface area contributed by atoms with Gasteiger partial charge in [0.15, 0.2) is 5.69 Å². The SMILES string of the molecule is O=C(NS(=O)(=O)c1ccc(F)cc1)c1nnn(-c2ccc(Cl)cc2Cl)c1C(F)F. The van der Waals surface area contributed by atoms with E-state index < -0.39 is 44.5 Å². The predicted octanol–water partition coefficient (Wildman–Crippen LogP) is 3.77. The van der Waals surface area contributed by atoms with E-state index in [1.54, 1.807) is 4.72 Å². The number of halogens is 5. The second kappa shape index (κ2) is 8.01. The summed E-state index contributed by atoms with van der Waals surface area (Å²) in [6.45, 7) is 0. The molecule has 0 unspecified atom stereocenters. The van der Waals surface area contributed by atoms with Gasteiger partial charge in [-0.3, -0.25) is 4.79 Å². The maximum Gasteiger partial charge on any atom is 0.287 e. The molecule has 0 saturated heterocycles. The van der Waals surface area contributed by atoms with E-state index in [1.165, 1.54) is 18.2 Å². The zero-order chi connectivity index (χ0) is 21.3. The van der Waals surface area contributed by atoms with E-state index in [0.29, 0.717) is 4.68 Å². The summed E-state index contributed by atoms with van der Waals surface area (Å²) in [6.07, 6.45) is -3.24. The molecular weight excluding hydrogens is 456 g/mol. The predicted molar refractivity (Wildman–Crippen MR) is 97.4 cm³/mol. The lowest BCUT2D eigenvalue weighted by Crippen LogP contribution is -2.31. The van der Waals surface area contributed by atoms with Crippen LogP contribution in [-0.2, 0) is 10.0 Å². The van der Waals surface area contributed by atoms with Gasteiger partial charge in [0, 0.05) is 5.02 Å². The van der Waals surface area contributed by atoms with Crippen molar-refractivity contribution in [3.05, 3.63) is 69.7 Å². The minimum atomic E-state index is -4.47. The molecule has 0 saturated carbocycles. The van der Waals surface area contributed by atoms with Crippen molar-refractivity contribution < 1.29 is 26.4 Å². The lowest BCUT2D eigenvalue weighted by atomic mass is 10.2. The summed E-state index contributed by atoms with van der Waals surface area (Å²) < 4.78 is 66.9. The molecule has 29 heavy (non-hydrogen) atoms. The highest BCUT2D eigenvalue weighted by Crippen LogP contribution is 2.29. The van der Waals surface area contributed by atoms with Crippen LogP contribution < -0.4 is 4.72 Å². The highest BCUT2D eigenvalue weighted by Gasteiger charge is 2.30. The molecule has 7 nitrogen and oxygen atoms in total. The number of hydrogen-bond donors (Lipinski definition) is 1. The van der Waals surface area contributed by atoms with Crippen LogP contribution in [-0.4, -0.2) is 29.3 Å². The van der Waals surface area contributed by atoms with E-state index in [0.717, 1.165) is 24.3 Å². The quantitative estimate of drug-likeness (QED) is 0.620. The maximum atomic E-state index is 13.6. The van der Waals surface area contributed by atoms with Crippen LogP contribution in [0.1, 0.15) is 22.6 Å². The fourth-order valence-corrected chi connectivity index (χ4v) is 3.76. The minimum Gasteiger partial charge on any atom is -0.266 e. The van der Waals surface area contributed by atoms with Crippen LogP contribution >= 0.6 is 23.2 Å². The maximum absolute atomic E-state index is 13.6. The minimum absolute atomic E-state index is 0.0423. The van der Waals surface area contributed by atoms with Crippen LogP contribution in [0.2, 0.25) is 10.0 Å². The number of alkyl halides is 2. The largest absolute Gasteiger partial charge is 0.287 e. The molecule has 0 fully saturated rings. The Labute approximate surface area is 172 Å². The number of amides is 1. The number of hydrogen-bond acceptors (Lipinski definition) is 5. The molecule has 1 amide bonds. The number of carbonyl (C=O) groups excluding carboxylic acids is 1. The molecule has 1 heterocycles. The smallest absolute Gasteiger partial charge is 0.266 e. The van der Waals surface area contributed by atoms with Crippen molar-refractivity contribution in [2.45, 2.75) is 11.3 Å². The third-order valence-corrected chi connectivity index (χ3v) is 5.50. The van der Waals surface area contributed by atoms with Gasteiger partial charge in [0.1, 0.15) is 11.5 Å². The Bertz CT molecular complexity index is 1180. The van der Waals surface area contributed by atoms with Gasteiger partial charge in [0.2, 0.25) is 0 Å². The zero-order valence-electron chi connectivity index (χ0n) is 14.0. The number of aromatic nitrogens is 3. The van der Waals surface area contributed by atoms with Crippen LogP contribution in [0.4, 0.5) is 13.2 Å². The van der Waals surface area contributed by atoms with E-state index >= 15 is 0 Å². The van der Waals surface area contributed by atoms with Gasteiger partial charge in [-0.2, -0.15) is 0 Å². The molecule has 0 aliphatic carbocycles. The van der Waals surface area contributed by atoms with Gasteiger partial charge in [0.25, 0.3) is 22.4 Å². The van der Waals surface area contributed by atoms with Crippen molar-refractivity contribution in [2.75, 3.05) is 0 Å². The molecule has 0 spiro atoms. The lowest BCUT2D eigenvalue weighted by Gasteiger charge is -2.09. The van der Waals surface area contributed by atoms with Crippen molar-refractivity contribution in [3.8, 4) is 5.69 Å². The third kappa shape index (κ3) is 4.36. The first-order valence-corrected chi connectivity index (χ1v) is 9.86. The van der Waals surface area contributed by atoms with Crippen LogP contribution in [0.25, 0.3) is 5.69 Å². The average Bonchev–Trinajstić information content (AvgIpc) is 3.07. The Hall–Kier alpha value is -2.63. The zero-order valence-corrected chi connectivity index (χ0v) is 16.3. The molecule has 1 N–H and O–H groups in total. The fraction of sp³-hybridized carbons (Fsp3) is 0.0625. The number of rotatable bonds is 5. The van der Waals surface area contributed by atoms with Crippen LogP contribution in [0.15, 0.2) is 47.4 Å². The number of nitrogens with one attached hydrogen (secondary N) is 1. The number of carbonyl (C=O) groups is 1. The standard InChI is InChI=1S/C16H9Cl2F3N4O3S/c17-8-1-6-12(11(18)7-8)25-14(15(20)21)13(22-24-25)16(26)23-29(27,28)10-4-2-9(19)3-5-10/h1-7,15H,(H,23,26). The van der Waals surface area contributed by atoms with Crippen LogP contribution in [0.3, 0.4) is 0 Å². The molecule has 2 aromatic carbocycles. The summed E-state index contributed by atoms with van der Waals surface area (Å²) in [5.41, 5.74) is -1.93.